The van der Waals surface area contributed by atoms with Crippen molar-refractivity contribution >= 4 is 10.0 Å². The van der Waals surface area contributed by atoms with Crippen molar-refractivity contribution in [2.45, 2.75) is 32.9 Å². The van der Waals surface area contributed by atoms with Crippen molar-refractivity contribution < 1.29 is 8.42 Å². The zero-order valence-electron chi connectivity index (χ0n) is 11.0. The molecule has 0 saturated heterocycles. The Kier molecular flexibility index (Phi) is 5.70. The Morgan fingerprint density at radius 2 is 2.22 bits per heavy atom. The van der Waals surface area contributed by atoms with Crippen LogP contribution in [0.2, 0.25) is 0 Å². The molecule has 0 atom stereocenters. The summed E-state index contributed by atoms with van der Waals surface area (Å²) in [4.78, 5) is 3.90. The highest BCUT2D eigenvalue weighted by Crippen LogP contribution is 2.04. The van der Waals surface area contributed by atoms with Gasteiger partial charge >= 0.3 is 0 Å². The summed E-state index contributed by atoms with van der Waals surface area (Å²) in [5.74, 6) is 0.679. The molecule has 0 bridgehead atoms. The number of aromatic amines is 1. The number of hydrogen-bond acceptors (Lipinski definition) is 5. The van der Waals surface area contributed by atoms with E-state index in [1.54, 1.807) is 7.05 Å². The van der Waals surface area contributed by atoms with Gasteiger partial charge in [-0.15, -0.1) is 0 Å². The summed E-state index contributed by atoms with van der Waals surface area (Å²) in [7, 11) is -1.68. The van der Waals surface area contributed by atoms with Gasteiger partial charge in [0.15, 0.2) is 0 Å². The monoisotopic (exact) mass is 275 g/mol. The molecule has 8 heteroatoms. The van der Waals surface area contributed by atoms with Crippen molar-refractivity contribution in [3.63, 3.8) is 0 Å². The summed E-state index contributed by atoms with van der Waals surface area (Å²) < 4.78 is 25.2. The number of sulfonamides is 1. The van der Waals surface area contributed by atoms with E-state index in [-0.39, 0.29) is 12.3 Å². The molecule has 104 valence electrons. The Bertz CT molecular complexity index is 429. The molecular formula is C10H21N5O2S. The topological polar surface area (TPSA) is 91.0 Å². The lowest BCUT2D eigenvalue weighted by molar-refractivity contribution is 0.454. The van der Waals surface area contributed by atoms with Crippen molar-refractivity contribution in [1.29, 1.82) is 0 Å². The first kappa shape index (κ1) is 15.1. The maximum Gasteiger partial charge on any atom is 0.214 e. The second kappa shape index (κ2) is 6.81. The molecule has 1 rings (SSSR count). The van der Waals surface area contributed by atoms with Crippen molar-refractivity contribution in [1.82, 2.24) is 24.8 Å². The van der Waals surface area contributed by atoms with E-state index < -0.39 is 10.0 Å². The van der Waals surface area contributed by atoms with Crippen LogP contribution < -0.4 is 5.32 Å². The lowest BCUT2D eigenvalue weighted by Gasteiger charge is -2.16. The smallest absolute Gasteiger partial charge is 0.214 e. The van der Waals surface area contributed by atoms with Gasteiger partial charge in [-0.3, -0.25) is 5.10 Å². The standard InChI is InChI=1S/C10H21N5O2S/c1-9(2)11-5-4-6-18(16,17)15(3)7-10-12-8-13-14-10/h8-9,11H,4-7H2,1-3H3,(H,12,13,14). The Balaban J connectivity index is 2.38. The van der Waals surface area contributed by atoms with E-state index >= 15 is 0 Å². The molecule has 1 heterocycles. The predicted octanol–water partition coefficient (Wildman–Crippen LogP) is -0.0456. The summed E-state index contributed by atoms with van der Waals surface area (Å²) >= 11 is 0. The van der Waals surface area contributed by atoms with Crippen LogP contribution in [0.4, 0.5) is 0 Å². The quantitative estimate of drug-likeness (QED) is 0.649. The summed E-state index contributed by atoms with van der Waals surface area (Å²) in [5.41, 5.74) is 0. The maximum absolute atomic E-state index is 11.9. The summed E-state index contributed by atoms with van der Waals surface area (Å²) in [6.45, 7) is 4.99. The van der Waals surface area contributed by atoms with E-state index in [4.69, 9.17) is 0 Å². The first-order chi connectivity index (χ1) is 8.42. The molecule has 0 aliphatic rings. The van der Waals surface area contributed by atoms with Crippen LogP contribution in [0.25, 0.3) is 0 Å². The van der Waals surface area contributed by atoms with E-state index in [1.165, 1.54) is 10.6 Å². The van der Waals surface area contributed by atoms with Crippen LogP contribution in [0, 0.1) is 0 Å². The van der Waals surface area contributed by atoms with Gasteiger partial charge in [0, 0.05) is 13.1 Å². The third-order valence-electron chi connectivity index (χ3n) is 2.44. The average Bonchev–Trinajstić information content (AvgIpc) is 2.77. The van der Waals surface area contributed by atoms with Crippen LogP contribution >= 0.6 is 0 Å². The summed E-state index contributed by atoms with van der Waals surface area (Å²) in [6, 6.07) is 0.375. The SMILES string of the molecule is CC(C)NCCCS(=O)(=O)N(C)Cc1ncn[nH]1. The third-order valence-corrected chi connectivity index (χ3v) is 4.33. The van der Waals surface area contributed by atoms with Gasteiger partial charge in [0.1, 0.15) is 12.2 Å². The molecule has 0 aromatic carbocycles. The molecule has 2 N–H and O–H groups in total. The first-order valence-corrected chi connectivity index (χ1v) is 7.54. The molecular weight excluding hydrogens is 254 g/mol. The van der Waals surface area contributed by atoms with Crippen molar-refractivity contribution in [3.8, 4) is 0 Å². The summed E-state index contributed by atoms with van der Waals surface area (Å²) in [5, 5.41) is 9.52. The Morgan fingerprint density at radius 1 is 1.50 bits per heavy atom. The van der Waals surface area contributed by atoms with Gasteiger partial charge < -0.3 is 5.32 Å². The Morgan fingerprint density at radius 3 is 2.78 bits per heavy atom. The number of hydrogen-bond donors (Lipinski definition) is 2. The minimum atomic E-state index is -3.23. The molecule has 0 spiro atoms. The van der Waals surface area contributed by atoms with E-state index in [1.807, 2.05) is 13.8 Å². The maximum atomic E-state index is 11.9. The van der Waals surface area contributed by atoms with Crippen LogP contribution in [0.1, 0.15) is 26.1 Å². The average molecular weight is 275 g/mol. The first-order valence-electron chi connectivity index (χ1n) is 5.93. The van der Waals surface area contributed by atoms with Gasteiger partial charge in [0.25, 0.3) is 0 Å². The van der Waals surface area contributed by atoms with Gasteiger partial charge in [-0.25, -0.2) is 13.4 Å². The van der Waals surface area contributed by atoms with Crippen LogP contribution in [0.15, 0.2) is 6.33 Å². The van der Waals surface area contributed by atoms with Gasteiger partial charge in [0.05, 0.1) is 12.3 Å². The highest BCUT2D eigenvalue weighted by molar-refractivity contribution is 7.89. The number of nitrogens with zero attached hydrogens (tertiary/aromatic N) is 3. The third kappa shape index (κ3) is 5.11. The largest absolute Gasteiger partial charge is 0.314 e. The molecule has 1 aromatic heterocycles. The van der Waals surface area contributed by atoms with E-state index in [0.29, 0.717) is 24.8 Å². The van der Waals surface area contributed by atoms with Gasteiger partial charge in [-0.05, 0) is 13.0 Å². The minimum Gasteiger partial charge on any atom is -0.314 e. The zero-order chi connectivity index (χ0) is 13.6. The van der Waals surface area contributed by atoms with Crippen molar-refractivity contribution in [3.05, 3.63) is 12.2 Å². The number of aromatic nitrogens is 3. The van der Waals surface area contributed by atoms with Crippen LogP contribution in [0.3, 0.4) is 0 Å². The fourth-order valence-corrected chi connectivity index (χ4v) is 2.56. The molecule has 0 aliphatic carbocycles. The Labute approximate surface area is 108 Å². The second-order valence-electron chi connectivity index (χ2n) is 4.47. The second-order valence-corrected chi connectivity index (χ2v) is 6.66. The van der Waals surface area contributed by atoms with Crippen molar-refractivity contribution in [2.24, 2.45) is 0 Å². The highest BCUT2D eigenvalue weighted by atomic mass is 32.2. The van der Waals surface area contributed by atoms with E-state index in [0.717, 1.165) is 0 Å². The van der Waals surface area contributed by atoms with E-state index in [2.05, 4.69) is 20.5 Å². The molecule has 0 saturated carbocycles. The number of H-pyrrole nitrogens is 1. The fourth-order valence-electron chi connectivity index (χ4n) is 1.42. The molecule has 1 aromatic rings. The molecule has 0 unspecified atom stereocenters. The normalized spacial score (nSPS) is 12.5. The fraction of sp³-hybridized carbons (Fsp3) is 0.800. The highest BCUT2D eigenvalue weighted by Gasteiger charge is 2.18. The molecule has 0 amide bonds. The molecule has 18 heavy (non-hydrogen) atoms. The number of nitrogens with one attached hydrogen (secondary N) is 2. The summed E-state index contributed by atoms with van der Waals surface area (Å²) in [6.07, 6.45) is 1.96. The Hall–Kier alpha value is -0.990. The lowest BCUT2D eigenvalue weighted by Crippen LogP contribution is -2.31. The molecule has 7 nitrogen and oxygen atoms in total. The van der Waals surface area contributed by atoms with Gasteiger partial charge in [-0.2, -0.15) is 9.40 Å². The molecule has 0 radical (unpaired) electrons. The van der Waals surface area contributed by atoms with Gasteiger partial charge in [-0.1, -0.05) is 13.8 Å². The lowest BCUT2D eigenvalue weighted by atomic mass is 10.4. The van der Waals surface area contributed by atoms with Crippen molar-refractivity contribution in [2.75, 3.05) is 19.3 Å². The number of rotatable bonds is 8. The van der Waals surface area contributed by atoms with Crippen LogP contribution in [0.5, 0.6) is 0 Å². The van der Waals surface area contributed by atoms with Crippen LogP contribution in [-0.2, 0) is 16.6 Å². The zero-order valence-corrected chi connectivity index (χ0v) is 11.9. The van der Waals surface area contributed by atoms with E-state index in [9.17, 15) is 8.42 Å². The molecule has 0 aliphatic heterocycles. The van der Waals surface area contributed by atoms with Gasteiger partial charge in [0.2, 0.25) is 10.0 Å². The minimum absolute atomic E-state index is 0.136. The molecule has 0 fully saturated rings. The predicted molar refractivity (Wildman–Crippen MR) is 69.4 cm³/mol. The van der Waals surface area contributed by atoms with Crippen LogP contribution in [-0.4, -0.2) is 53.3 Å².